The number of hydrogen-bond acceptors (Lipinski definition) is 2. The van der Waals surface area contributed by atoms with Crippen LogP contribution in [0.3, 0.4) is 0 Å². The molecular formula is C13H15N3. The smallest absolute Gasteiger partial charge is 0.105 e. The van der Waals surface area contributed by atoms with E-state index in [2.05, 4.69) is 29.6 Å². The fourth-order valence-corrected chi connectivity index (χ4v) is 1.78. The molecule has 0 aromatic heterocycles. The van der Waals surface area contributed by atoms with Crippen molar-refractivity contribution >= 4 is 16.6 Å². The van der Waals surface area contributed by atoms with Crippen molar-refractivity contribution < 1.29 is 0 Å². The summed E-state index contributed by atoms with van der Waals surface area (Å²) in [5.41, 5.74) is 6.53. The topological polar surface area (TPSA) is 61.9 Å². The van der Waals surface area contributed by atoms with Gasteiger partial charge < -0.3 is 11.1 Å². The second kappa shape index (κ2) is 4.77. The number of rotatable bonds is 4. The first-order valence-corrected chi connectivity index (χ1v) is 5.27. The van der Waals surface area contributed by atoms with Gasteiger partial charge in [0.25, 0.3) is 0 Å². The fourth-order valence-electron chi connectivity index (χ4n) is 1.78. The van der Waals surface area contributed by atoms with Crippen molar-refractivity contribution in [3.05, 3.63) is 48.0 Å². The molecule has 0 aliphatic heterocycles. The molecule has 0 spiro atoms. The zero-order valence-electron chi connectivity index (χ0n) is 9.03. The number of nitrogens with one attached hydrogen (secondary N) is 2. The highest BCUT2D eigenvalue weighted by Crippen LogP contribution is 2.17. The summed E-state index contributed by atoms with van der Waals surface area (Å²) in [6.45, 7) is 1.17. The van der Waals surface area contributed by atoms with Gasteiger partial charge >= 0.3 is 0 Å². The SMILES string of the molecule is N=C(N)CNCc1cccc2ccccc12. The third-order valence-corrected chi connectivity index (χ3v) is 2.51. The second-order valence-electron chi connectivity index (χ2n) is 3.77. The number of nitrogens with two attached hydrogens (primary N) is 1. The van der Waals surface area contributed by atoms with Crippen LogP contribution in [-0.2, 0) is 6.54 Å². The molecule has 4 N–H and O–H groups in total. The standard InChI is InChI=1S/C13H15N3/c14-13(15)9-16-8-11-6-3-5-10-4-1-2-7-12(10)11/h1-7,16H,8-9H2,(H3,14,15). The Kier molecular flexibility index (Phi) is 3.17. The molecule has 0 saturated heterocycles. The van der Waals surface area contributed by atoms with Crippen LogP contribution in [0.2, 0.25) is 0 Å². The second-order valence-corrected chi connectivity index (χ2v) is 3.77. The highest BCUT2D eigenvalue weighted by molar-refractivity contribution is 5.85. The molecule has 0 heterocycles. The fraction of sp³-hybridized carbons (Fsp3) is 0.154. The number of fused-ring (bicyclic) bond motifs is 1. The molecule has 2 rings (SSSR count). The van der Waals surface area contributed by atoms with Gasteiger partial charge in [-0.1, -0.05) is 42.5 Å². The van der Waals surface area contributed by atoms with Crippen LogP contribution in [0, 0.1) is 5.41 Å². The molecule has 0 atom stereocenters. The average Bonchev–Trinajstić information content (AvgIpc) is 2.29. The average molecular weight is 213 g/mol. The van der Waals surface area contributed by atoms with Crippen LogP contribution in [0.25, 0.3) is 10.8 Å². The highest BCUT2D eigenvalue weighted by Gasteiger charge is 1.99. The van der Waals surface area contributed by atoms with Crippen molar-refractivity contribution in [2.45, 2.75) is 6.54 Å². The van der Waals surface area contributed by atoms with E-state index in [0.29, 0.717) is 6.54 Å². The Hall–Kier alpha value is -1.87. The summed E-state index contributed by atoms with van der Waals surface area (Å²) >= 11 is 0. The summed E-state index contributed by atoms with van der Waals surface area (Å²) in [6.07, 6.45) is 0. The summed E-state index contributed by atoms with van der Waals surface area (Å²) in [7, 11) is 0. The van der Waals surface area contributed by atoms with Gasteiger partial charge in [0.05, 0.1) is 6.54 Å². The molecule has 0 unspecified atom stereocenters. The van der Waals surface area contributed by atoms with Crippen molar-refractivity contribution in [1.82, 2.24) is 5.32 Å². The summed E-state index contributed by atoms with van der Waals surface area (Å²) in [6, 6.07) is 14.5. The largest absolute Gasteiger partial charge is 0.387 e. The molecule has 0 fully saturated rings. The molecule has 3 heteroatoms. The predicted molar refractivity (Wildman–Crippen MR) is 67.6 cm³/mol. The van der Waals surface area contributed by atoms with Gasteiger partial charge in [-0.15, -0.1) is 0 Å². The number of amidine groups is 1. The summed E-state index contributed by atoms with van der Waals surface area (Å²) in [4.78, 5) is 0. The summed E-state index contributed by atoms with van der Waals surface area (Å²) in [5.74, 6) is 0.167. The maximum absolute atomic E-state index is 7.14. The first-order chi connectivity index (χ1) is 7.77. The summed E-state index contributed by atoms with van der Waals surface area (Å²) < 4.78 is 0. The Labute approximate surface area is 94.8 Å². The first-order valence-electron chi connectivity index (χ1n) is 5.27. The molecule has 0 radical (unpaired) electrons. The minimum Gasteiger partial charge on any atom is -0.387 e. The highest BCUT2D eigenvalue weighted by atomic mass is 14.9. The van der Waals surface area contributed by atoms with Gasteiger partial charge in [-0.3, -0.25) is 5.41 Å². The van der Waals surface area contributed by atoms with Gasteiger partial charge in [0.1, 0.15) is 5.84 Å². The van der Waals surface area contributed by atoms with Gasteiger partial charge in [-0.25, -0.2) is 0 Å². The maximum atomic E-state index is 7.14. The zero-order valence-corrected chi connectivity index (χ0v) is 9.03. The summed E-state index contributed by atoms with van der Waals surface area (Å²) in [5, 5.41) is 12.8. The van der Waals surface area contributed by atoms with Crippen molar-refractivity contribution in [2.24, 2.45) is 5.73 Å². The molecule has 2 aromatic rings. The molecule has 0 amide bonds. The molecule has 16 heavy (non-hydrogen) atoms. The van der Waals surface area contributed by atoms with Crippen LogP contribution in [0.5, 0.6) is 0 Å². The quantitative estimate of drug-likeness (QED) is 0.536. The molecule has 0 aliphatic carbocycles. The molecule has 0 aliphatic rings. The van der Waals surface area contributed by atoms with Crippen LogP contribution >= 0.6 is 0 Å². The molecule has 0 saturated carbocycles. The van der Waals surface area contributed by atoms with E-state index in [1.807, 2.05) is 18.2 Å². The monoisotopic (exact) mass is 213 g/mol. The van der Waals surface area contributed by atoms with E-state index in [1.54, 1.807) is 0 Å². The lowest BCUT2D eigenvalue weighted by Gasteiger charge is -2.07. The number of hydrogen-bond donors (Lipinski definition) is 3. The van der Waals surface area contributed by atoms with E-state index in [0.717, 1.165) is 6.54 Å². The van der Waals surface area contributed by atoms with Gasteiger partial charge in [0.15, 0.2) is 0 Å². The Morgan fingerprint density at radius 1 is 1.12 bits per heavy atom. The van der Waals surface area contributed by atoms with Gasteiger partial charge in [0.2, 0.25) is 0 Å². The minimum absolute atomic E-state index is 0.167. The van der Waals surface area contributed by atoms with Gasteiger partial charge in [0, 0.05) is 6.54 Å². The lowest BCUT2D eigenvalue weighted by Crippen LogP contribution is -2.27. The van der Waals surface area contributed by atoms with E-state index < -0.39 is 0 Å². The molecular weight excluding hydrogens is 198 g/mol. The molecule has 3 nitrogen and oxygen atoms in total. The van der Waals surface area contributed by atoms with E-state index in [9.17, 15) is 0 Å². The Morgan fingerprint density at radius 3 is 2.69 bits per heavy atom. The van der Waals surface area contributed by atoms with Crippen LogP contribution in [0.1, 0.15) is 5.56 Å². The Morgan fingerprint density at radius 2 is 1.88 bits per heavy atom. The molecule has 2 aromatic carbocycles. The van der Waals surface area contributed by atoms with Crippen LogP contribution < -0.4 is 11.1 Å². The van der Waals surface area contributed by atoms with Crippen LogP contribution in [0.4, 0.5) is 0 Å². The normalized spacial score (nSPS) is 10.5. The predicted octanol–water partition coefficient (Wildman–Crippen LogP) is 1.87. The lowest BCUT2D eigenvalue weighted by atomic mass is 10.0. The van der Waals surface area contributed by atoms with Crippen molar-refractivity contribution in [3.8, 4) is 0 Å². The Bertz CT molecular complexity index is 500. The lowest BCUT2D eigenvalue weighted by molar-refractivity contribution is 0.776. The van der Waals surface area contributed by atoms with Gasteiger partial charge in [-0.2, -0.15) is 0 Å². The third-order valence-electron chi connectivity index (χ3n) is 2.51. The van der Waals surface area contributed by atoms with E-state index in [-0.39, 0.29) is 5.84 Å². The van der Waals surface area contributed by atoms with Crippen LogP contribution in [-0.4, -0.2) is 12.4 Å². The van der Waals surface area contributed by atoms with Crippen LogP contribution in [0.15, 0.2) is 42.5 Å². The maximum Gasteiger partial charge on any atom is 0.105 e. The van der Waals surface area contributed by atoms with Gasteiger partial charge in [-0.05, 0) is 16.3 Å². The zero-order chi connectivity index (χ0) is 11.4. The van der Waals surface area contributed by atoms with Crippen molar-refractivity contribution in [3.63, 3.8) is 0 Å². The molecule has 82 valence electrons. The Balaban J connectivity index is 2.20. The third kappa shape index (κ3) is 2.38. The number of benzene rings is 2. The van der Waals surface area contributed by atoms with Crippen molar-refractivity contribution in [2.75, 3.05) is 6.54 Å². The molecule has 0 bridgehead atoms. The van der Waals surface area contributed by atoms with E-state index in [4.69, 9.17) is 11.1 Å². The minimum atomic E-state index is 0.167. The van der Waals surface area contributed by atoms with Crippen molar-refractivity contribution in [1.29, 1.82) is 5.41 Å². The van der Waals surface area contributed by atoms with E-state index in [1.165, 1.54) is 16.3 Å². The first kappa shape index (κ1) is 10.6. The van der Waals surface area contributed by atoms with E-state index >= 15 is 0 Å².